The Hall–Kier alpha value is -4.08. The zero-order valence-electron chi connectivity index (χ0n) is 19.3. The average molecular weight is 555 g/mol. The highest BCUT2D eigenvalue weighted by Gasteiger charge is 2.38. The van der Waals surface area contributed by atoms with Gasteiger partial charge < -0.3 is 4.74 Å². The maximum atomic E-state index is 12.0. The molecule has 0 aromatic heterocycles. The fourth-order valence-corrected chi connectivity index (χ4v) is 4.10. The maximum absolute atomic E-state index is 12.0. The molecule has 0 spiro atoms. The standard InChI is InChI=1S/C26H18Cl3N5O3/c1-2-37-25(36)32-24(35)23(14-30)34-33-20-11-12-21(22(29)13-20)26(15-31,16-3-7-18(27)8-4-16)17-5-9-19(28)10-6-17/h3-13,33H,2H2,1H3,(H,32,35,36). The van der Waals surface area contributed by atoms with Gasteiger partial charge in [-0.05, 0) is 60.0 Å². The number of halogens is 3. The summed E-state index contributed by atoms with van der Waals surface area (Å²) in [4.78, 5) is 23.5. The van der Waals surface area contributed by atoms with Gasteiger partial charge in [0.2, 0.25) is 5.71 Å². The van der Waals surface area contributed by atoms with Gasteiger partial charge in [0.25, 0.3) is 5.91 Å². The second kappa shape index (κ2) is 12.2. The number of rotatable bonds is 7. The molecule has 0 aliphatic heterocycles. The van der Waals surface area contributed by atoms with Crippen LogP contribution in [0.15, 0.2) is 71.8 Å². The number of hydrogen-bond acceptors (Lipinski definition) is 7. The Morgan fingerprint density at radius 3 is 1.97 bits per heavy atom. The summed E-state index contributed by atoms with van der Waals surface area (Å²) >= 11 is 18.8. The summed E-state index contributed by atoms with van der Waals surface area (Å²) in [5, 5.41) is 26.6. The number of hydrazone groups is 1. The van der Waals surface area contributed by atoms with Gasteiger partial charge in [-0.2, -0.15) is 15.6 Å². The van der Waals surface area contributed by atoms with Crippen molar-refractivity contribution in [2.45, 2.75) is 12.3 Å². The number of carbonyl (C=O) groups is 2. The van der Waals surface area contributed by atoms with Crippen LogP contribution in [0.2, 0.25) is 15.1 Å². The van der Waals surface area contributed by atoms with Crippen LogP contribution in [0.4, 0.5) is 10.5 Å². The lowest BCUT2D eigenvalue weighted by Crippen LogP contribution is -2.36. The van der Waals surface area contributed by atoms with Crippen LogP contribution in [-0.2, 0) is 14.9 Å². The number of imide groups is 1. The normalized spacial score (nSPS) is 11.1. The lowest BCUT2D eigenvalue weighted by atomic mass is 9.70. The van der Waals surface area contributed by atoms with Gasteiger partial charge in [0.15, 0.2) is 0 Å². The third-order valence-electron chi connectivity index (χ3n) is 5.20. The topological polar surface area (TPSA) is 127 Å². The fraction of sp³-hybridized carbons (Fsp3) is 0.115. The van der Waals surface area contributed by atoms with E-state index in [0.29, 0.717) is 32.4 Å². The minimum absolute atomic E-state index is 0.0530. The van der Waals surface area contributed by atoms with E-state index in [1.807, 2.05) is 5.32 Å². The minimum atomic E-state index is -1.31. The number of nitriles is 2. The number of anilines is 1. The molecule has 0 radical (unpaired) electrons. The van der Waals surface area contributed by atoms with Crippen LogP contribution in [-0.4, -0.2) is 24.3 Å². The largest absolute Gasteiger partial charge is 0.450 e. The highest BCUT2D eigenvalue weighted by molar-refractivity contribution is 6.46. The first kappa shape index (κ1) is 27.5. The summed E-state index contributed by atoms with van der Waals surface area (Å²) in [6.45, 7) is 1.62. The minimum Gasteiger partial charge on any atom is -0.450 e. The number of ether oxygens (including phenoxy) is 1. The Morgan fingerprint density at radius 1 is 0.946 bits per heavy atom. The van der Waals surface area contributed by atoms with Crippen LogP contribution in [0.25, 0.3) is 0 Å². The van der Waals surface area contributed by atoms with Crippen LogP contribution in [0, 0.1) is 22.7 Å². The molecule has 0 aliphatic rings. The van der Waals surface area contributed by atoms with E-state index in [9.17, 15) is 20.1 Å². The van der Waals surface area contributed by atoms with Gasteiger partial charge in [-0.3, -0.25) is 15.5 Å². The molecule has 0 atom stereocenters. The van der Waals surface area contributed by atoms with Crippen molar-refractivity contribution >= 4 is 58.2 Å². The maximum Gasteiger partial charge on any atom is 0.414 e. The number of amides is 2. The quantitative estimate of drug-likeness (QED) is 0.207. The van der Waals surface area contributed by atoms with Crippen LogP contribution < -0.4 is 10.7 Å². The fourth-order valence-electron chi connectivity index (χ4n) is 3.52. The summed E-state index contributed by atoms with van der Waals surface area (Å²) in [7, 11) is 0. The first-order valence-electron chi connectivity index (χ1n) is 10.7. The van der Waals surface area contributed by atoms with Gasteiger partial charge in [-0.1, -0.05) is 65.1 Å². The number of hydrogen-bond donors (Lipinski definition) is 2. The van der Waals surface area contributed by atoms with E-state index in [-0.39, 0.29) is 11.6 Å². The van der Waals surface area contributed by atoms with Gasteiger partial charge in [-0.15, -0.1) is 0 Å². The Bertz CT molecular complexity index is 1380. The molecule has 186 valence electrons. The third kappa shape index (κ3) is 6.19. The molecular formula is C26H18Cl3N5O3. The number of nitrogens with one attached hydrogen (secondary N) is 2. The van der Waals surface area contributed by atoms with Crippen LogP contribution >= 0.6 is 34.8 Å². The summed E-state index contributed by atoms with van der Waals surface area (Å²) in [5.41, 5.74) is 2.69. The molecule has 11 heteroatoms. The van der Waals surface area contributed by atoms with Gasteiger partial charge >= 0.3 is 6.09 Å². The highest BCUT2D eigenvalue weighted by atomic mass is 35.5. The molecule has 2 N–H and O–H groups in total. The average Bonchev–Trinajstić information content (AvgIpc) is 2.88. The van der Waals surface area contributed by atoms with Gasteiger partial charge in [0.1, 0.15) is 11.5 Å². The molecule has 3 aromatic rings. The molecule has 0 aliphatic carbocycles. The molecule has 8 nitrogen and oxygen atoms in total. The second-order valence-electron chi connectivity index (χ2n) is 7.43. The van der Waals surface area contributed by atoms with E-state index in [1.165, 1.54) is 6.07 Å². The molecule has 0 unspecified atom stereocenters. The Labute approximate surface area is 228 Å². The van der Waals surface area contributed by atoms with Gasteiger partial charge in [0.05, 0.1) is 18.4 Å². The summed E-state index contributed by atoms with van der Waals surface area (Å²) in [5.74, 6) is -1.04. The monoisotopic (exact) mass is 553 g/mol. The van der Waals surface area contributed by atoms with Crippen LogP contribution in [0.5, 0.6) is 0 Å². The smallest absolute Gasteiger partial charge is 0.414 e. The van der Waals surface area contributed by atoms with E-state index in [4.69, 9.17) is 34.8 Å². The first-order chi connectivity index (χ1) is 17.7. The van der Waals surface area contributed by atoms with E-state index >= 15 is 0 Å². The van der Waals surface area contributed by atoms with Crippen molar-refractivity contribution in [3.63, 3.8) is 0 Å². The first-order valence-corrected chi connectivity index (χ1v) is 11.8. The highest BCUT2D eigenvalue weighted by Crippen LogP contribution is 2.43. The van der Waals surface area contributed by atoms with Crippen LogP contribution in [0.1, 0.15) is 23.6 Å². The molecular weight excluding hydrogens is 537 g/mol. The zero-order chi connectivity index (χ0) is 27.0. The van der Waals surface area contributed by atoms with E-state index < -0.39 is 23.1 Å². The van der Waals surface area contributed by atoms with Gasteiger partial charge in [-0.25, -0.2) is 4.79 Å². The summed E-state index contributed by atoms with van der Waals surface area (Å²) < 4.78 is 4.61. The molecule has 0 bridgehead atoms. The third-order valence-corrected chi connectivity index (χ3v) is 6.02. The predicted molar refractivity (Wildman–Crippen MR) is 142 cm³/mol. The second-order valence-corrected chi connectivity index (χ2v) is 8.71. The van der Waals surface area contributed by atoms with Crippen molar-refractivity contribution < 1.29 is 14.3 Å². The molecule has 0 heterocycles. The van der Waals surface area contributed by atoms with Crippen molar-refractivity contribution in [1.29, 1.82) is 10.5 Å². The van der Waals surface area contributed by atoms with Crippen LogP contribution in [0.3, 0.4) is 0 Å². The number of alkyl carbamates (subject to hydrolysis) is 1. The molecule has 3 aromatic carbocycles. The molecule has 0 saturated heterocycles. The Morgan fingerprint density at radius 2 is 1.51 bits per heavy atom. The Kier molecular flexibility index (Phi) is 9.10. The van der Waals surface area contributed by atoms with E-state index in [1.54, 1.807) is 73.7 Å². The lowest BCUT2D eigenvalue weighted by Gasteiger charge is -2.30. The predicted octanol–water partition coefficient (Wildman–Crippen LogP) is 6.07. The molecule has 37 heavy (non-hydrogen) atoms. The molecule has 0 fully saturated rings. The van der Waals surface area contributed by atoms with Crippen molar-refractivity contribution in [1.82, 2.24) is 5.32 Å². The molecule has 2 amide bonds. The lowest BCUT2D eigenvalue weighted by molar-refractivity contribution is -0.114. The van der Waals surface area contributed by atoms with Crippen molar-refractivity contribution in [3.8, 4) is 12.1 Å². The molecule has 0 saturated carbocycles. The number of carbonyl (C=O) groups excluding carboxylic acids is 2. The zero-order valence-corrected chi connectivity index (χ0v) is 21.5. The van der Waals surface area contributed by atoms with Crippen molar-refractivity contribution in [2.24, 2.45) is 5.10 Å². The van der Waals surface area contributed by atoms with Gasteiger partial charge in [0, 0.05) is 15.1 Å². The van der Waals surface area contributed by atoms with Crippen molar-refractivity contribution in [2.75, 3.05) is 12.0 Å². The number of nitrogens with zero attached hydrogens (tertiary/aromatic N) is 3. The Balaban J connectivity index is 2.01. The SMILES string of the molecule is CCOC(=O)NC(=O)C(C#N)=NNc1ccc(C(C#N)(c2ccc(Cl)cc2)c2ccc(Cl)cc2)c(Cl)c1. The summed E-state index contributed by atoms with van der Waals surface area (Å²) in [6.07, 6.45) is -1.000. The number of benzene rings is 3. The molecule has 3 rings (SSSR count). The van der Waals surface area contributed by atoms with Crippen molar-refractivity contribution in [3.05, 3.63) is 98.5 Å². The van der Waals surface area contributed by atoms with E-state index in [2.05, 4.69) is 21.3 Å². The van der Waals surface area contributed by atoms with E-state index in [0.717, 1.165) is 0 Å². The summed E-state index contributed by atoms with van der Waals surface area (Å²) in [6, 6.07) is 22.4.